The fourth-order valence-electron chi connectivity index (χ4n) is 1.76. The normalized spacial score (nSPS) is 11.7. The van der Waals surface area contributed by atoms with E-state index in [2.05, 4.69) is 10.3 Å². The minimum atomic E-state index is -4.48. The molecule has 1 heterocycles. The van der Waals surface area contributed by atoms with E-state index in [1.54, 1.807) is 10.8 Å². The molecule has 0 saturated carbocycles. The largest absolute Gasteiger partial charge is 0.417 e. The average molecular weight is 304 g/mol. The summed E-state index contributed by atoms with van der Waals surface area (Å²) in [5.74, 6) is 0.502. The zero-order chi connectivity index (χ0) is 14.8. The van der Waals surface area contributed by atoms with Gasteiger partial charge < -0.3 is 5.32 Å². The van der Waals surface area contributed by atoms with Gasteiger partial charge in [0.05, 0.1) is 10.6 Å². The zero-order valence-electron chi connectivity index (χ0n) is 10.7. The third-order valence-electron chi connectivity index (χ3n) is 2.71. The molecule has 0 aliphatic carbocycles. The van der Waals surface area contributed by atoms with Crippen molar-refractivity contribution in [2.45, 2.75) is 19.5 Å². The van der Waals surface area contributed by atoms with Gasteiger partial charge in [0.15, 0.2) is 0 Å². The molecule has 1 aromatic carbocycles. The van der Waals surface area contributed by atoms with E-state index in [0.717, 1.165) is 12.5 Å². The van der Waals surface area contributed by atoms with Crippen LogP contribution in [0.2, 0.25) is 5.02 Å². The lowest BCUT2D eigenvalue weighted by molar-refractivity contribution is -0.137. The summed E-state index contributed by atoms with van der Waals surface area (Å²) in [4.78, 5) is 4.08. The first-order valence-electron chi connectivity index (χ1n) is 6.08. The van der Waals surface area contributed by atoms with Crippen molar-refractivity contribution in [2.24, 2.45) is 0 Å². The van der Waals surface area contributed by atoms with Crippen LogP contribution < -0.4 is 5.32 Å². The highest BCUT2D eigenvalue weighted by molar-refractivity contribution is 6.31. The van der Waals surface area contributed by atoms with Gasteiger partial charge in [-0.1, -0.05) is 18.5 Å². The van der Waals surface area contributed by atoms with Gasteiger partial charge in [0.25, 0.3) is 0 Å². The van der Waals surface area contributed by atoms with Crippen molar-refractivity contribution in [1.82, 2.24) is 9.55 Å². The Hall–Kier alpha value is -1.69. The van der Waals surface area contributed by atoms with Crippen LogP contribution in [-0.2, 0) is 6.18 Å². The van der Waals surface area contributed by atoms with Crippen LogP contribution >= 0.6 is 11.6 Å². The molecular weight excluding hydrogens is 291 g/mol. The lowest BCUT2D eigenvalue weighted by Crippen LogP contribution is -2.09. The Balaban J connectivity index is 2.41. The highest BCUT2D eigenvalue weighted by Crippen LogP contribution is 2.36. The van der Waals surface area contributed by atoms with Crippen LogP contribution in [0.25, 0.3) is 5.69 Å². The molecule has 20 heavy (non-hydrogen) atoms. The number of anilines is 1. The molecule has 0 aliphatic rings. The van der Waals surface area contributed by atoms with E-state index in [1.165, 1.54) is 18.3 Å². The van der Waals surface area contributed by atoms with Gasteiger partial charge in [-0.3, -0.25) is 4.57 Å². The van der Waals surface area contributed by atoms with Crippen LogP contribution in [0, 0.1) is 0 Å². The molecule has 0 bridgehead atoms. The molecule has 1 aromatic heterocycles. The van der Waals surface area contributed by atoms with Gasteiger partial charge >= 0.3 is 6.18 Å². The lowest BCUT2D eigenvalue weighted by atomic mass is 10.2. The highest BCUT2D eigenvalue weighted by Gasteiger charge is 2.33. The third kappa shape index (κ3) is 3.07. The van der Waals surface area contributed by atoms with E-state index in [-0.39, 0.29) is 5.02 Å². The van der Waals surface area contributed by atoms with Crippen LogP contribution in [0.3, 0.4) is 0 Å². The fraction of sp³-hybridized carbons (Fsp3) is 0.308. The van der Waals surface area contributed by atoms with Crippen LogP contribution in [0.4, 0.5) is 19.1 Å². The smallest absolute Gasteiger partial charge is 0.355 e. The minimum absolute atomic E-state index is 0.315. The van der Waals surface area contributed by atoms with Gasteiger partial charge in [0.1, 0.15) is 0 Å². The molecule has 0 saturated heterocycles. The topological polar surface area (TPSA) is 29.9 Å². The van der Waals surface area contributed by atoms with Crippen LogP contribution in [0.5, 0.6) is 0 Å². The summed E-state index contributed by atoms with van der Waals surface area (Å²) >= 11 is 5.61. The molecule has 1 N–H and O–H groups in total. The summed E-state index contributed by atoms with van der Waals surface area (Å²) in [6.45, 7) is 2.68. The second-order valence-corrected chi connectivity index (χ2v) is 4.62. The number of imidazole rings is 1. The van der Waals surface area contributed by atoms with E-state index < -0.39 is 11.7 Å². The van der Waals surface area contributed by atoms with Crippen LogP contribution in [0.1, 0.15) is 18.9 Å². The van der Waals surface area contributed by atoms with Crippen molar-refractivity contribution in [2.75, 3.05) is 11.9 Å². The Morgan fingerprint density at radius 1 is 1.35 bits per heavy atom. The van der Waals surface area contributed by atoms with Crippen LogP contribution in [-0.4, -0.2) is 16.1 Å². The molecule has 0 atom stereocenters. The van der Waals surface area contributed by atoms with E-state index in [0.29, 0.717) is 18.2 Å². The van der Waals surface area contributed by atoms with E-state index in [9.17, 15) is 13.2 Å². The van der Waals surface area contributed by atoms with Crippen molar-refractivity contribution >= 4 is 17.5 Å². The van der Waals surface area contributed by atoms with Gasteiger partial charge in [-0.2, -0.15) is 13.2 Å². The molecule has 0 spiro atoms. The summed E-state index contributed by atoms with van der Waals surface area (Å²) < 4.78 is 40.1. The van der Waals surface area contributed by atoms with Gasteiger partial charge in [0.2, 0.25) is 5.95 Å². The number of hydrogen-bond donors (Lipinski definition) is 1. The lowest BCUT2D eigenvalue weighted by Gasteiger charge is -2.13. The van der Waals surface area contributed by atoms with Gasteiger partial charge in [-0.25, -0.2) is 4.98 Å². The number of rotatable bonds is 4. The Bertz CT molecular complexity index is 593. The number of halogens is 4. The molecule has 2 aromatic rings. The molecule has 3 nitrogen and oxygen atoms in total. The van der Waals surface area contributed by atoms with Gasteiger partial charge in [-0.05, 0) is 24.6 Å². The zero-order valence-corrected chi connectivity index (χ0v) is 11.5. The number of nitrogens with one attached hydrogen (secondary N) is 1. The summed E-state index contributed by atoms with van der Waals surface area (Å²) in [5, 5.41) is 2.74. The first kappa shape index (κ1) is 14.7. The van der Waals surface area contributed by atoms with Crippen molar-refractivity contribution < 1.29 is 13.2 Å². The number of nitrogens with zero attached hydrogens (tertiary/aromatic N) is 2. The molecule has 2 rings (SSSR count). The second-order valence-electron chi connectivity index (χ2n) is 4.21. The Kier molecular flexibility index (Phi) is 4.23. The van der Waals surface area contributed by atoms with Crippen LogP contribution in [0.15, 0.2) is 30.6 Å². The molecule has 0 radical (unpaired) electrons. The fourth-order valence-corrected chi connectivity index (χ4v) is 1.98. The maximum Gasteiger partial charge on any atom is 0.417 e. The molecular formula is C13H13ClF3N3. The van der Waals surface area contributed by atoms with E-state index >= 15 is 0 Å². The summed E-state index contributed by atoms with van der Waals surface area (Å²) in [6.07, 6.45) is -0.465. The SMILES string of the molecule is CCCNc1nccn1-c1ccc(Cl)c(C(F)(F)F)c1. The maximum absolute atomic E-state index is 12.8. The van der Waals surface area contributed by atoms with Gasteiger partial charge in [0, 0.05) is 24.6 Å². The maximum atomic E-state index is 12.8. The van der Waals surface area contributed by atoms with E-state index in [1.807, 2.05) is 6.92 Å². The Labute approximate surface area is 119 Å². The van der Waals surface area contributed by atoms with Crippen molar-refractivity contribution in [1.29, 1.82) is 0 Å². The number of alkyl halides is 3. The number of hydrogen-bond acceptors (Lipinski definition) is 2. The van der Waals surface area contributed by atoms with Crippen molar-refractivity contribution in [3.05, 3.63) is 41.2 Å². The quantitative estimate of drug-likeness (QED) is 0.909. The highest BCUT2D eigenvalue weighted by atomic mass is 35.5. The average Bonchev–Trinajstić information content (AvgIpc) is 2.84. The number of benzene rings is 1. The molecule has 0 unspecified atom stereocenters. The Morgan fingerprint density at radius 3 is 2.75 bits per heavy atom. The summed E-state index contributed by atoms with van der Waals surface area (Å²) in [5.41, 5.74) is -0.496. The van der Waals surface area contributed by atoms with E-state index in [4.69, 9.17) is 11.6 Å². The van der Waals surface area contributed by atoms with Crippen molar-refractivity contribution in [3.8, 4) is 5.69 Å². The van der Waals surface area contributed by atoms with Crippen molar-refractivity contribution in [3.63, 3.8) is 0 Å². The molecule has 0 aliphatic heterocycles. The molecule has 108 valence electrons. The summed E-state index contributed by atoms with van der Waals surface area (Å²) in [7, 11) is 0. The summed E-state index contributed by atoms with van der Waals surface area (Å²) in [6, 6.07) is 3.78. The standard InChI is InChI=1S/C13H13ClF3N3/c1-2-5-18-12-19-6-7-20(12)9-3-4-11(14)10(8-9)13(15,16)17/h3-4,6-8H,2,5H2,1H3,(H,18,19). The first-order chi connectivity index (χ1) is 9.43. The second kappa shape index (κ2) is 5.75. The first-order valence-corrected chi connectivity index (χ1v) is 6.45. The molecule has 0 fully saturated rings. The molecule has 0 amide bonds. The number of aromatic nitrogens is 2. The predicted molar refractivity (Wildman–Crippen MR) is 72.4 cm³/mol. The predicted octanol–water partition coefficient (Wildman–Crippen LogP) is 4.37. The third-order valence-corrected chi connectivity index (χ3v) is 3.04. The minimum Gasteiger partial charge on any atom is -0.355 e. The van der Waals surface area contributed by atoms with Gasteiger partial charge in [-0.15, -0.1) is 0 Å². The Morgan fingerprint density at radius 2 is 2.10 bits per heavy atom. The monoisotopic (exact) mass is 303 g/mol. The molecule has 7 heteroatoms.